The molecular weight excluding hydrogens is 240 g/mol. The fourth-order valence-electron chi connectivity index (χ4n) is 1.72. The van der Waals surface area contributed by atoms with Gasteiger partial charge in [-0.25, -0.2) is 0 Å². The minimum Gasteiger partial charge on any atom is -0.301 e. The second-order valence-electron chi connectivity index (χ2n) is 4.26. The number of rotatable bonds is 6. The lowest BCUT2D eigenvalue weighted by Gasteiger charge is -2.16. The maximum atomic E-state index is 4.13. The quantitative estimate of drug-likeness (QED) is 0.740. The summed E-state index contributed by atoms with van der Waals surface area (Å²) in [5.41, 5.74) is 1.27. The molecule has 0 aliphatic carbocycles. The van der Waals surface area contributed by atoms with E-state index in [0.717, 1.165) is 18.8 Å². The number of hydrogen-bond donors (Lipinski definition) is 0. The van der Waals surface area contributed by atoms with Crippen molar-refractivity contribution >= 4 is 11.8 Å². The number of nitrogens with zero attached hydrogens (tertiary/aromatic N) is 2. The van der Waals surface area contributed by atoms with Crippen molar-refractivity contribution < 1.29 is 0 Å². The molecule has 1 aromatic carbocycles. The van der Waals surface area contributed by atoms with Gasteiger partial charge in [-0.1, -0.05) is 24.3 Å². The predicted octanol–water partition coefficient (Wildman–Crippen LogP) is 3.31. The third-order valence-corrected chi connectivity index (χ3v) is 3.65. The zero-order valence-corrected chi connectivity index (χ0v) is 11.4. The maximum absolute atomic E-state index is 4.13. The fraction of sp³-hybridized carbons (Fsp3) is 0.267. The van der Waals surface area contributed by atoms with E-state index < -0.39 is 0 Å². The molecule has 0 saturated carbocycles. The summed E-state index contributed by atoms with van der Waals surface area (Å²) in [4.78, 5) is 7.80. The van der Waals surface area contributed by atoms with E-state index in [9.17, 15) is 0 Å². The van der Waals surface area contributed by atoms with Gasteiger partial charge >= 0.3 is 0 Å². The summed E-state index contributed by atoms with van der Waals surface area (Å²) in [7, 11) is 2.15. The Hall–Kier alpha value is -1.32. The summed E-state index contributed by atoms with van der Waals surface area (Å²) in [6.07, 6.45) is 3.75. The van der Waals surface area contributed by atoms with Gasteiger partial charge < -0.3 is 4.90 Å². The molecule has 2 aromatic rings. The van der Waals surface area contributed by atoms with Crippen LogP contribution in [0.2, 0.25) is 0 Å². The molecule has 1 aromatic heterocycles. The summed E-state index contributed by atoms with van der Waals surface area (Å²) in [5, 5.41) is 0. The summed E-state index contributed by atoms with van der Waals surface area (Å²) in [6.45, 7) is 2.04. The van der Waals surface area contributed by atoms with E-state index >= 15 is 0 Å². The van der Waals surface area contributed by atoms with E-state index in [4.69, 9.17) is 0 Å². The van der Waals surface area contributed by atoms with Crippen LogP contribution in [0.15, 0.2) is 59.8 Å². The molecule has 0 amide bonds. The number of aromatic nitrogens is 1. The van der Waals surface area contributed by atoms with Crippen LogP contribution in [-0.4, -0.2) is 29.2 Å². The highest BCUT2D eigenvalue weighted by molar-refractivity contribution is 7.99. The van der Waals surface area contributed by atoms with Crippen molar-refractivity contribution in [1.29, 1.82) is 0 Å². The minimum atomic E-state index is 0.961. The van der Waals surface area contributed by atoms with Gasteiger partial charge in [0.1, 0.15) is 0 Å². The lowest BCUT2D eigenvalue weighted by molar-refractivity contribution is 0.348. The summed E-state index contributed by atoms with van der Waals surface area (Å²) in [5.74, 6) is 1.11. The zero-order chi connectivity index (χ0) is 12.6. The molecule has 0 bridgehead atoms. The van der Waals surface area contributed by atoms with Gasteiger partial charge in [-0.3, -0.25) is 4.98 Å². The van der Waals surface area contributed by atoms with Crippen LogP contribution in [0, 0.1) is 0 Å². The van der Waals surface area contributed by atoms with Gasteiger partial charge in [0, 0.05) is 36.1 Å². The van der Waals surface area contributed by atoms with E-state index in [-0.39, 0.29) is 0 Å². The molecule has 0 atom stereocenters. The Labute approximate surface area is 113 Å². The normalized spacial score (nSPS) is 10.8. The number of benzene rings is 1. The largest absolute Gasteiger partial charge is 0.301 e. The molecule has 2 rings (SSSR count). The van der Waals surface area contributed by atoms with Crippen LogP contribution in [0.1, 0.15) is 5.56 Å². The lowest BCUT2D eigenvalue weighted by Crippen LogP contribution is -2.20. The number of pyridine rings is 1. The molecule has 3 heteroatoms. The van der Waals surface area contributed by atoms with Crippen LogP contribution in [0.25, 0.3) is 0 Å². The molecule has 0 aliphatic rings. The van der Waals surface area contributed by atoms with Gasteiger partial charge in [0.25, 0.3) is 0 Å². The summed E-state index contributed by atoms with van der Waals surface area (Å²) < 4.78 is 0. The Morgan fingerprint density at radius 1 is 1.11 bits per heavy atom. The second kappa shape index (κ2) is 7.19. The lowest BCUT2D eigenvalue weighted by atomic mass is 10.3. The molecule has 0 aliphatic heterocycles. The Bertz CT molecular complexity index is 445. The van der Waals surface area contributed by atoms with Crippen molar-refractivity contribution in [2.24, 2.45) is 0 Å². The van der Waals surface area contributed by atoms with Crippen LogP contribution in [-0.2, 0) is 6.54 Å². The molecule has 0 saturated heterocycles. The van der Waals surface area contributed by atoms with Gasteiger partial charge in [0.15, 0.2) is 0 Å². The molecule has 2 nitrogen and oxygen atoms in total. The van der Waals surface area contributed by atoms with Crippen molar-refractivity contribution in [3.05, 3.63) is 60.4 Å². The summed E-state index contributed by atoms with van der Waals surface area (Å²) >= 11 is 1.90. The van der Waals surface area contributed by atoms with Gasteiger partial charge in [0.2, 0.25) is 0 Å². The topological polar surface area (TPSA) is 16.1 Å². The first-order valence-corrected chi connectivity index (χ1v) is 7.08. The highest BCUT2D eigenvalue weighted by Crippen LogP contribution is 2.16. The molecule has 0 radical (unpaired) electrons. The van der Waals surface area contributed by atoms with Crippen LogP contribution < -0.4 is 0 Å². The Balaban J connectivity index is 1.71. The Kier molecular flexibility index (Phi) is 5.24. The minimum absolute atomic E-state index is 0.961. The van der Waals surface area contributed by atoms with Crippen LogP contribution in [0.4, 0.5) is 0 Å². The van der Waals surface area contributed by atoms with Crippen molar-refractivity contribution in [2.45, 2.75) is 11.4 Å². The molecular formula is C15H18N2S. The highest BCUT2D eigenvalue weighted by atomic mass is 32.2. The van der Waals surface area contributed by atoms with E-state index in [1.807, 2.05) is 30.2 Å². The van der Waals surface area contributed by atoms with E-state index in [1.54, 1.807) is 0 Å². The highest BCUT2D eigenvalue weighted by Gasteiger charge is 2.00. The van der Waals surface area contributed by atoms with Crippen LogP contribution in [0.5, 0.6) is 0 Å². The standard InChI is InChI=1S/C15H18N2S/c1-17(13-14-6-5-9-16-12-14)10-11-18-15-7-3-2-4-8-15/h2-9,12H,10-11,13H2,1H3. The smallest absolute Gasteiger partial charge is 0.0312 e. The van der Waals surface area contributed by atoms with Crippen molar-refractivity contribution in [2.75, 3.05) is 19.3 Å². The molecule has 18 heavy (non-hydrogen) atoms. The van der Waals surface area contributed by atoms with Gasteiger partial charge in [0.05, 0.1) is 0 Å². The zero-order valence-electron chi connectivity index (χ0n) is 10.6. The summed E-state index contributed by atoms with van der Waals surface area (Å²) in [6, 6.07) is 14.6. The molecule has 0 N–H and O–H groups in total. The molecule has 0 unspecified atom stereocenters. The van der Waals surface area contributed by atoms with Crippen LogP contribution >= 0.6 is 11.8 Å². The van der Waals surface area contributed by atoms with Crippen LogP contribution in [0.3, 0.4) is 0 Å². The third kappa shape index (κ3) is 4.51. The third-order valence-electron chi connectivity index (χ3n) is 2.66. The molecule has 94 valence electrons. The van der Waals surface area contributed by atoms with Crippen molar-refractivity contribution in [3.8, 4) is 0 Å². The monoisotopic (exact) mass is 258 g/mol. The van der Waals surface area contributed by atoms with Crippen molar-refractivity contribution in [3.63, 3.8) is 0 Å². The average Bonchev–Trinajstić information content (AvgIpc) is 2.41. The Morgan fingerprint density at radius 3 is 2.67 bits per heavy atom. The number of thioether (sulfide) groups is 1. The first kappa shape index (κ1) is 13.1. The molecule has 0 spiro atoms. The predicted molar refractivity (Wildman–Crippen MR) is 77.7 cm³/mol. The van der Waals surface area contributed by atoms with E-state index in [2.05, 4.69) is 53.3 Å². The SMILES string of the molecule is CN(CCSc1ccccc1)Cc1cccnc1. The van der Waals surface area contributed by atoms with Gasteiger partial charge in [-0.15, -0.1) is 11.8 Å². The maximum Gasteiger partial charge on any atom is 0.0312 e. The first-order chi connectivity index (χ1) is 8.84. The first-order valence-electron chi connectivity index (χ1n) is 6.10. The van der Waals surface area contributed by atoms with E-state index in [1.165, 1.54) is 10.5 Å². The van der Waals surface area contributed by atoms with Gasteiger partial charge in [-0.05, 0) is 30.8 Å². The fourth-order valence-corrected chi connectivity index (χ4v) is 2.71. The second-order valence-corrected chi connectivity index (χ2v) is 5.43. The molecule has 0 fully saturated rings. The van der Waals surface area contributed by atoms with E-state index in [0.29, 0.717) is 0 Å². The average molecular weight is 258 g/mol. The van der Waals surface area contributed by atoms with Crippen molar-refractivity contribution in [1.82, 2.24) is 9.88 Å². The number of hydrogen-bond acceptors (Lipinski definition) is 3. The molecule has 1 heterocycles. The van der Waals surface area contributed by atoms with Gasteiger partial charge in [-0.2, -0.15) is 0 Å². The Morgan fingerprint density at radius 2 is 1.94 bits per heavy atom.